The molecule has 1 aromatic rings. The van der Waals surface area contributed by atoms with Crippen molar-refractivity contribution in [3.63, 3.8) is 0 Å². The normalized spacial score (nSPS) is 21.6. The van der Waals surface area contributed by atoms with Crippen LogP contribution in [0.2, 0.25) is 0 Å². The Morgan fingerprint density at radius 3 is 3.00 bits per heavy atom. The number of morpholine rings is 1. The summed E-state index contributed by atoms with van der Waals surface area (Å²) in [6.07, 6.45) is -0.960. The van der Waals surface area contributed by atoms with Crippen molar-refractivity contribution in [3.8, 4) is 0 Å². The van der Waals surface area contributed by atoms with Crippen LogP contribution in [0.4, 0.5) is 0 Å². The monoisotopic (exact) mass is 270 g/mol. The fraction of sp³-hybridized carbons (Fsp3) is 0.455. The van der Waals surface area contributed by atoms with Crippen molar-refractivity contribution in [3.05, 3.63) is 22.4 Å². The van der Waals surface area contributed by atoms with Crippen LogP contribution in [0.3, 0.4) is 0 Å². The van der Waals surface area contributed by atoms with Crippen molar-refractivity contribution in [1.82, 2.24) is 4.90 Å². The molecule has 2 heterocycles. The van der Waals surface area contributed by atoms with Crippen LogP contribution in [-0.2, 0) is 14.3 Å². The van der Waals surface area contributed by atoms with Crippen molar-refractivity contribution in [2.45, 2.75) is 12.1 Å². The van der Waals surface area contributed by atoms with E-state index in [1.54, 1.807) is 6.07 Å². The second-order valence-corrected chi connectivity index (χ2v) is 4.95. The number of ether oxygens (including phenoxy) is 1. The van der Waals surface area contributed by atoms with Gasteiger partial charge in [0, 0.05) is 11.4 Å². The van der Waals surface area contributed by atoms with Gasteiger partial charge >= 0.3 is 5.97 Å². The molecule has 1 fully saturated rings. The number of nitrogens with zero attached hydrogens (tertiary/aromatic N) is 1. The van der Waals surface area contributed by atoms with Gasteiger partial charge in [0.2, 0.25) is 5.91 Å². The summed E-state index contributed by atoms with van der Waals surface area (Å²) in [5.74, 6) is -1.32. The average molecular weight is 270 g/mol. The molecule has 2 atom stereocenters. The predicted molar refractivity (Wildman–Crippen MR) is 65.2 cm³/mol. The maximum absolute atomic E-state index is 12.1. The third-order valence-corrected chi connectivity index (χ3v) is 3.72. The van der Waals surface area contributed by atoms with Gasteiger partial charge in [-0.2, -0.15) is 0 Å². The molecule has 1 aliphatic rings. The van der Waals surface area contributed by atoms with Crippen molar-refractivity contribution in [2.75, 3.05) is 19.7 Å². The highest BCUT2D eigenvalue weighted by Gasteiger charge is 2.31. The van der Waals surface area contributed by atoms with E-state index in [2.05, 4.69) is 0 Å². The molecule has 98 valence electrons. The minimum absolute atomic E-state index is 0.0489. The molecule has 1 saturated heterocycles. The fourth-order valence-electron chi connectivity index (χ4n) is 1.79. The molecule has 0 bridgehead atoms. The number of carbonyl (C=O) groups is 2. The summed E-state index contributed by atoms with van der Waals surface area (Å²) in [6.45, 7) is 0.648. The molecule has 2 rings (SSSR count). The second-order valence-electron chi connectivity index (χ2n) is 3.98. The van der Waals surface area contributed by atoms with Crippen LogP contribution in [-0.4, -0.2) is 47.7 Å². The molecule has 1 aliphatic heterocycles. The Morgan fingerprint density at radius 1 is 1.61 bits per heavy atom. The summed E-state index contributed by atoms with van der Waals surface area (Å²) in [4.78, 5) is 25.2. The largest absolute Gasteiger partial charge is 0.479 e. The highest BCUT2D eigenvalue weighted by atomic mass is 32.1. The lowest BCUT2D eigenvalue weighted by Crippen LogP contribution is -2.50. The standard InChI is InChI=1S/C11H14N2O4S/c12-9(8-2-1-5-18-8)10(14)13-3-4-17-7(6-13)11(15)16/h1-2,5,7,9H,3-4,6,12H2,(H,15,16). The zero-order valence-electron chi connectivity index (χ0n) is 9.61. The number of carbonyl (C=O) groups excluding carboxylic acids is 1. The maximum atomic E-state index is 12.1. The Balaban J connectivity index is 2.02. The number of hydrogen-bond donors (Lipinski definition) is 2. The van der Waals surface area contributed by atoms with Crippen LogP contribution in [0.1, 0.15) is 10.9 Å². The molecule has 0 saturated carbocycles. The number of rotatable bonds is 3. The SMILES string of the molecule is NC(C(=O)N1CCOC(C(=O)O)C1)c1cccs1. The molecule has 0 aromatic carbocycles. The van der Waals surface area contributed by atoms with Gasteiger partial charge in [-0.25, -0.2) is 4.79 Å². The van der Waals surface area contributed by atoms with Crippen LogP contribution < -0.4 is 5.73 Å². The molecular formula is C11H14N2O4S. The fourth-order valence-corrected chi connectivity index (χ4v) is 2.50. The van der Waals surface area contributed by atoms with Gasteiger partial charge in [-0.3, -0.25) is 4.79 Å². The minimum atomic E-state index is -1.06. The summed E-state index contributed by atoms with van der Waals surface area (Å²) in [6, 6.07) is 2.90. The van der Waals surface area contributed by atoms with Gasteiger partial charge in [0.05, 0.1) is 13.2 Å². The van der Waals surface area contributed by atoms with E-state index < -0.39 is 18.1 Å². The highest BCUT2D eigenvalue weighted by Crippen LogP contribution is 2.20. The highest BCUT2D eigenvalue weighted by molar-refractivity contribution is 7.10. The number of hydrogen-bond acceptors (Lipinski definition) is 5. The van der Waals surface area contributed by atoms with Crippen molar-refractivity contribution < 1.29 is 19.4 Å². The smallest absolute Gasteiger partial charge is 0.334 e. The first-order chi connectivity index (χ1) is 8.59. The number of nitrogens with two attached hydrogens (primary N) is 1. The molecule has 0 radical (unpaired) electrons. The van der Waals surface area contributed by atoms with Crippen LogP contribution in [0.5, 0.6) is 0 Å². The first kappa shape index (κ1) is 13.0. The van der Waals surface area contributed by atoms with E-state index in [0.29, 0.717) is 6.54 Å². The molecule has 0 aliphatic carbocycles. The summed E-state index contributed by atoms with van der Waals surface area (Å²) < 4.78 is 5.06. The van der Waals surface area contributed by atoms with Gasteiger partial charge in [-0.1, -0.05) is 6.07 Å². The molecule has 1 amide bonds. The first-order valence-electron chi connectivity index (χ1n) is 5.52. The van der Waals surface area contributed by atoms with Gasteiger partial charge in [0.1, 0.15) is 6.04 Å². The van der Waals surface area contributed by atoms with Gasteiger partial charge in [0.25, 0.3) is 0 Å². The Bertz CT molecular complexity index is 434. The van der Waals surface area contributed by atoms with Crippen LogP contribution >= 0.6 is 11.3 Å². The predicted octanol–water partition coefficient (Wildman–Crippen LogP) is 0.0599. The number of carboxylic acids is 1. The molecule has 1 aromatic heterocycles. The van der Waals surface area contributed by atoms with Crippen LogP contribution in [0.15, 0.2) is 17.5 Å². The van der Waals surface area contributed by atoms with E-state index in [1.807, 2.05) is 11.4 Å². The Morgan fingerprint density at radius 2 is 2.39 bits per heavy atom. The number of amides is 1. The lowest BCUT2D eigenvalue weighted by atomic mass is 10.2. The zero-order valence-corrected chi connectivity index (χ0v) is 10.4. The molecule has 18 heavy (non-hydrogen) atoms. The van der Waals surface area contributed by atoms with Gasteiger partial charge in [-0.05, 0) is 11.4 Å². The molecular weight excluding hydrogens is 256 g/mol. The quantitative estimate of drug-likeness (QED) is 0.810. The Kier molecular flexibility index (Phi) is 3.95. The van der Waals surface area contributed by atoms with Crippen molar-refractivity contribution in [2.24, 2.45) is 5.73 Å². The van der Waals surface area contributed by atoms with Crippen molar-refractivity contribution >= 4 is 23.2 Å². The van der Waals surface area contributed by atoms with E-state index >= 15 is 0 Å². The summed E-state index contributed by atoms with van der Waals surface area (Å²) in [5, 5.41) is 10.7. The van der Waals surface area contributed by atoms with E-state index in [9.17, 15) is 9.59 Å². The Labute approximate surface area is 108 Å². The zero-order chi connectivity index (χ0) is 13.1. The van der Waals surface area contributed by atoms with Crippen LogP contribution in [0.25, 0.3) is 0 Å². The second kappa shape index (κ2) is 5.47. The number of thiophene rings is 1. The summed E-state index contributed by atoms with van der Waals surface area (Å²) in [5.41, 5.74) is 5.87. The molecule has 7 heteroatoms. The lowest BCUT2D eigenvalue weighted by Gasteiger charge is -2.32. The average Bonchev–Trinajstić information content (AvgIpc) is 2.91. The third-order valence-electron chi connectivity index (χ3n) is 2.77. The maximum Gasteiger partial charge on any atom is 0.334 e. The van der Waals surface area contributed by atoms with Crippen LogP contribution in [0, 0.1) is 0 Å². The van der Waals surface area contributed by atoms with E-state index in [-0.39, 0.29) is 19.1 Å². The van der Waals surface area contributed by atoms with E-state index in [1.165, 1.54) is 16.2 Å². The number of aliphatic carboxylic acids is 1. The summed E-state index contributed by atoms with van der Waals surface area (Å²) >= 11 is 1.41. The van der Waals surface area contributed by atoms with E-state index in [4.69, 9.17) is 15.6 Å². The Hall–Kier alpha value is -1.44. The van der Waals surface area contributed by atoms with Crippen molar-refractivity contribution in [1.29, 1.82) is 0 Å². The third kappa shape index (κ3) is 2.69. The topological polar surface area (TPSA) is 92.9 Å². The first-order valence-corrected chi connectivity index (χ1v) is 6.39. The molecule has 0 spiro atoms. The van der Waals surface area contributed by atoms with Gasteiger partial charge in [0.15, 0.2) is 6.10 Å². The minimum Gasteiger partial charge on any atom is -0.479 e. The lowest BCUT2D eigenvalue weighted by molar-refractivity contribution is -0.159. The van der Waals surface area contributed by atoms with Gasteiger partial charge < -0.3 is 20.5 Å². The van der Waals surface area contributed by atoms with Gasteiger partial charge in [-0.15, -0.1) is 11.3 Å². The van der Waals surface area contributed by atoms with E-state index in [0.717, 1.165) is 4.88 Å². The molecule has 3 N–H and O–H groups in total. The summed E-state index contributed by atoms with van der Waals surface area (Å²) in [7, 11) is 0. The number of carboxylic acid groups (broad SMARTS) is 1. The molecule has 6 nitrogen and oxygen atoms in total. The molecule has 2 unspecified atom stereocenters.